The highest BCUT2D eigenvalue weighted by molar-refractivity contribution is 6.44. The number of hydrogen-bond donors (Lipinski definition) is 0. The molecule has 0 saturated heterocycles. The van der Waals surface area contributed by atoms with E-state index in [0.29, 0.717) is 10.0 Å². The number of carbonyl (C=O) groups is 2. The Hall–Kier alpha value is -0.680. The van der Waals surface area contributed by atoms with Crippen LogP contribution in [0.2, 0.25) is 10.0 Å². The number of hydrogen-bond acceptors (Lipinski definition) is 4. The van der Waals surface area contributed by atoms with Crippen molar-refractivity contribution in [1.82, 2.24) is 0 Å². The van der Waals surface area contributed by atoms with E-state index in [1.165, 1.54) is 18.2 Å². The van der Waals surface area contributed by atoms with Crippen LogP contribution in [0.5, 0.6) is 5.75 Å². The van der Waals surface area contributed by atoms with Gasteiger partial charge in [-0.05, 0) is 18.2 Å². The summed E-state index contributed by atoms with van der Waals surface area (Å²) in [5.41, 5.74) is 0. The van der Waals surface area contributed by atoms with Crippen LogP contribution in [0.3, 0.4) is 0 Å². The molecule has 0 bridgehead atoms. The number of benzene rings is 1. The van der Waals surface area contributed by atoms with E-state index < -0.39 is 16.8 Å². The largest absolute Gasteiger partial charge is 0.463 e. The van der Waals surface area contributed by atoms with Gasteiger partial charge in [-0.25, -0.2) is 0 Å². The van der Waals surface area contributed by atoms with E-state index in [1.807, 2.05) is 0 Å². The van der Waals surface area contributed by atoms with Gasteiger partial charge in [0.15, 0.2) is 0 Å². The average Bonchev–Trinajstić information content (AvgIpc) is 2.32. The van der Waals surface area contributed by atoms with Crippen molar-refractivity contribution in [3.05, 3.63) is 28.2 Å². The molecule has 0 radical (unpaired) electrons. The lowest BCUT2D eigenvalue weighted by molar-refractivity contribution is -0.146. The standard InChI is InChI=1S/C12H10Cl4O4/c13-7-3-8(14)5-9(4-7)20-12(18)2-1-11(17)19-6-10(15)16/h3-5,10H,1-2,6H2. The first-order valence-electron chi connectivity index (χ1n) is 5.47. The maximum atomic E-state index is 11.5. The molecule has 4 nitrogen and oxygen atoms in total. The second kappa shape index (κ2) is 8.57. The molecule has 1 aromatic carbocycles. The SMILES string of the molecule is O=C(CCC(=O)Oc1cc(Cl)cc(Cl)c1)OCC(Cl)Cl. The van der Waals surface area contributed by atoms with Crippen molar-refractivity contribution in [3.63, 3.8) is 0 Å². The molecule has 0 aliphatic rings. The predicted octanol–water partition coefficient (Wildman–Crippen LogP) is 4.03. The van der Waals surface area contributed by atoms with E-state index in [0.717, 1.165) is 0 Å². The quantitative estimate of drug-likeness (QED) is 0.437. The van der Waals surface area contributed by atoms with Crippen LogP contribution in [-0.4, -0.2) is 23.4 Å². The van der Waals surface area contributed by atoms with Crippen LogP contribution < -0.4 is 4.74 Å². The molecule has 0 fully saturated rings. The van der Waals surface area contributed by atoms with Crippen LogP contribution >= 0.6 is 46.4 Å². The van der Waals surface area contributed by atoms with E-state index in [9.17, 15) is 9.59 Å². The van der Waals surface area contributed by atoms with Gasteiger partial charge in [-0.2, -0.15) is 0 Å². The lowest BCUT2D eigenvalue weighted by atomic mass is 10.3. The Bertz CT molecular complexity index is 470. The zero-order valence-electron chi connectivity index (χ0n) is 10.1. The Labute approximate surface area is 135 Å². The van der Waals surface area contributed by atoms with Crippen molar-refractivity contribution >= 4 is 58.3 Å². The summed E-state index contributed by atoms with van der Waals surface area (Å²) in [5, 5.41) is 0.685. The first kappa shape index (κ1) is 17.4. The molecule has 0 heterocycles. The fourth-order valence-electron chi connectivity index (χ4n) is 1.20. The molecule has 1 rings (SSSR count). The molecule has 1 aromatic rings. The van der Waals surface area contributed by atoms with Crippen LogP contribution in [-0.2, 0) is 14.3 Å². The lowest BCUT2D eigenvalue weighted by Crippen LogP contribution is -2.14. The topological polar surface area (TPSA) is 52.6 Å². The van der Waals surface area contributed by atoms with Crippen molar-refractivity contribution in [3.8, 4) is 5.75 Å². The van der Waals surface area contributed by atoms with Gasteiger partial charge < -0.3 is 9.47 Å². The van der Waals surface area contributed by atoms with E-state index in [4.69, 9.17) is 51.1 Å². The van der Waals surface area contributed by atoms with Crippen molar-refractivity contribution in [1.29, 1.82) is 0 Å². The second-order valence-corrected chi connectivity index (χ2v) is 5.80. The molecule has 0 unspecified atom stereocenters. The van der Waals surface area contributed by atoms with Crippen molar-refractivity contribution in [2.24, 2.45) is 0 Å². The average molecular weight is 360 g/mol. The third-order valence-electron chi connectivity index (χ3n) is 1.97. The van der Waals surface area contributed by atoms with Crippen LogP contribution in [0.4, 0.5) is 0 Å². The monoisotopic (exact) mass is 358 g/mol. The number of rotatable bonds is 6. The predicted molar refractivity (Wildman–Crippen MR) is 77.8 cm³/mol. The summed E-state index contributed by atoms with van der Waals surface area (Å²) in [6, 6.07) is 4.39. The van der Waals surface area contributed by atoms with Gasteiger partial charge in [0.05, 0.1) is 12.8 Å². The first-order chi connectivity index (χ1) is 9.36. The van der Waals surface area contributed by atoms with Gasteiger partial charge in [0.25, 0.3) is 0 Å². The van der Waals surface area contributed by atoms with Crippen molar-refractivity contribution < 1.29 is 19.1 Å². The zero-order chi connectivity index (χ0) is 15.1. The molecule has 0 saturated carbocycles. The molecular weight excluding hydrogens is 350 g/mol. The number of esters is 2. The molecule has 0 spiro atoms. The Morgan fingerprint density at radius 1 is 1.00 bits per heavy atom. The minimum atomic E-state index is -0.792. The maximum Gasteiger partial charge on any atom is 0.311 e. The van der Waals surface area contributed by atoms with Gasteiger partial charge in [-0.3, -0.25) is 9.59 Å². The highest BCUT2D eigenvalue weighted by atomic mass is 35.5. The van der Waals surface area contributed by atoms with Crippen LogP contribution in [0.15, 0.2) is 18.2 Å². The van der Waals surface area contributed by atoms with Crippen LogP contribution in [0.25, 0.3) is 0 Å². The summed E-state index contributed by atoms with van der Waals surface area (Å²) in [7, 11) is 0. The maximum absolute atomic E-state index is 11.5. The summed E-state index contributed by atoms with van der Waals surface area (Å²) in [6.45, 7) is -0.124. The summed E-state index contributed by atoms with van der Waals surface area (Å²) in [4.78, 5) is 21.9. The van der Waals surface area contributed by atoms with Crippen molar-refractivity contribution in [2.75, 3.05) is 6.61 Å². The van der Waals surface area contributed by atoms with Gasteiger partial charge in [-0.1, -0.05) is 23.2 Å². The Morgan fingerprint density at radius 2 is 1.55 bits per heavy atom. The molecule has 20 heavy (non-hydrogen) atoms. The van der Waals surface area contributed by atoms with E-state index >= 15 is 0 Å². The summed E-state index contributed by atoms with van der Waals surface area (Å²) in [6.07, 6.45) is -0.272. The lowest BCUT2D eigenvalue weighted by Gasteiger charge is -2.06. The summed E-state index contributed by atoms with van der Waals surface area (Å²) in [5.74, 6) is -0.978. The summed E-state index contributed by atoms with van der Waals surface area (Å²) >= 11 is 22.3. The van der Waals surface area contributed by atoms with Gasteiger partial charge in [-0.15, -0.1) is 23.2 Å². The molecule has 0 aromatic heterocycles. The molecule has 8 heteroatoms. The third kappa shape index (κ3) is 7.20. The molecule has 0 amide bonds. The van der Waals surface area contributed by atoms with E-state index in [2.05, 4.69) is 4.74 Å². The number of carbonyl (C=O) groups excluding carboxylic acids is 2. The minimum absolute atomic E-state index is 0.124. The third-order valence-corrected chi connectivity index (χ3v) is 2.66. The fourth-order valence-corrected chi connectivity index (χ4v) is 1.83. The molecule has 110 valence electrons. The second-order valence-electron chi connectivity index (χ2n) is 3.65. The normalized spacial score (nSPS) is 10.4. The van der Waals surface area contributed by atoms with Gasteiger partial charge in [0.2, 0.25) is 0 Å². The molecule has 0 aliphatic heterocycles. The highest BCUT2D eigenvalue weighted by Gasteiger charge is 2.12. The molecular formula is C12H10Cl4O4. The van der Waals surface area contributed by atoms with Crippen molar-refractivity contribution in [2.45, 2.75) is 17.7 Å². The van der Waals surface area contributed by atoms with Gasteiger partial charge in [0.1, 0.15) is 17.2 Å². The minimum Gasteiger partial charge on any atom is -0.463 e. The Morgan fingerprint density at radius 3 is 2.10 bits per heavy atom. The number of ether oxygens (including phenoxy) is 2. The van der Waals surface area contributed by atoms with Gasteiger partial charge >= 0.3 is 11.9 Å². The molecule has 0 atom stereocenters. The van der Waals surface area contributed by atoms with E-state index in [-0.39, 0.29) is 25.2 Å². The van der Waals surface area contributed by atoms with Crippen LogP contribution in [0, 0.1) is 0 Å². The highest BCUT2D eigenvalue weighted by Crippen LogP contribution is 2.24. The molecule has 0 N–H and O–H groups in total. The van der Waals surface area contributed by atoms with E-state index in [1.54, 1.807) is 0 Å². The fraction of sp³-hybridized carbons (Fsp3) is 0.333. The zero-order valence-corrected chi connectivity index (χ0v) is 13.1. The Balaban J connectivity index is 2.38. The number of halogens is 4. The number of alkyl halides is 2. The molecule has 0 aliphatic carbocycles. The smallest absolute Gasteiger partial charge is 0.311 e. The first-order valence-corrected chi connectivity index (χ1v) is 7.10. The Kier molecular flexibility index (Phi) is 7.45. The summed E-state index contributed by atoms with van der Waals surface area (Å²) < 4.78 is 9.67. The van der Waals surface area contributed by atoms with Gasteiger partial charge in [0, 0.05) is 10.0 Å². The van der Waals surface area contributed by atoms with Crippen LogP contribution in [0.1, 0.15) is 12.8 Å².